The summed E-state index contributed by atoms with van der Waals surface area (Å²) in [7, 11) is -0.372. The molecule has 48 heavy (non-hydrogen) atoms. The normalized spacial score (nSPS) is 17.7. The second-order valence-corrected chi connectivity index (χ2v) is 13.3. The van der Waals surface area contributed by atoms with Crippen molar-refractivity contribution in [3.8, 4) is 17.2 Å². The van der Waals surface area contributed by atoms with Crippen LogP contribution in [0.3, 0.4) is 0 Å². The number of sulfonamides is 1. The molecule has 1 N–H and O–H groups in total. The molecule has 2 aliphatic rings. The molecular weight excluding hydrogens is 658 g/mol. The molecule has 3 heterocycles. The summed E-state index contributed by atoms with van der Waals surface area (Å²) >= 11 is 6.51. The van der Waals surface area contributed by atoms with Crippen LogP contribution in [0.4, 0.5) is 11.5 Å². The van der Waals surface area contributed by atoms with Crippen LogP contribution in [-0.2, 0) is 25.2 Å². The number of fused-ring (bicyclic) bond motifs is 1. The number of hydrogen-bond donors (Lipinski definition) is 1. The highest BCUT2D eigenvalue weighted by molar-refractivity contribution is 7.93. The van der Waals surface area contributed by atoms with Crippen molar-refractivity contribution >= 4 is 44.9 Å². The average molecular weight is 692 g/mol. The van der Waals surface area contributed by atoms with Gasteiger partial charge in [-0.15, -0.1) is 0 Å². The van der Waals surface area contributed by atoms with Gasteiger partial charge in [-0.1, -0.05) is 35.9 Å². The Kier molecular flexibility index (Phi) is 9.19. The standard InChI is InChI=1S/C34H34ClN5O7S/c1-45-24-12-14-30(29(21-24)47-3)48(43,44)40-27-13-11-23(35)20-26(27)34(33(40)42,25-8-4-5-9-28(25)46-2)37-22-32(41)39-18-16-38(17-19-39)31-10-6-7-15-36-31/h4-15,20-21,37H,16-19,22H2,1-3H3. The lowest BCUT2D eigenvalue weighted by Crippen LogP contribution is -2.57. The number of carbonyl (C=O) groups is 2. The summed E-state index contributed by atoms with van der Waals surface area (Å²) in [6.45, 7) is 1.74. The van der Waals surface area contributed by atoms with Crippen LogP contribution in [-0.4, -0.2) is 84.2 Å². The van der Waals surface area contributed by atoms with Crippen LogP contribution in [0.15, 0.2) is 90.0 Å². The van der Waals surface area contributed by atoms with Crippen molar-refractivity contribution in [2.24, 2.45) is 0 Å². The number of ether oxygens (including phenoxy) is 3. The number of anilines is 2. The van der Waals surface area contributed by atoms with Crippen molar-refractivity contribution in [2.45, 2.75) is 10.4 Å². The summed E-state index contributed by atoms with van der Waals surface area (Å²) in [6.07, 6.45) is 1.73. The summed E-state index contributed by atoms with van der Waals surface area (Å²) in [6, 6.07) is 21.2. The topological polar surface area (TPSA) is 131 Å². The largest absolute Gasteiger partial charge is 0.497 e. The molecule has 1 aromatic heterocycles. The molecule has 1 atom stereocenters. The second-order valence-electron chi connectivity index (χ2n) is 11.1. The summed E-state index contributed by atoms with van der Waals surface area (Å²) in [5.41, 5.74) is -1.26. The smallest absolute Gasteiger partial charge is 0.274 e. The number of amides is 2. The fraction of sp³-hybridized carbons (Fsp3) is 0.265. The van der Waals surface area contributed by atoms with Gasteiger partial charge in [0, 0.05) is 54.6 Å². The molecule has 3 aromatic carbocycles. The Morgan fingerprint density at radius 1 is 0.875 bits per heavy atom. The monoisotopic (exact) mass is 691 g/mol. The van der Waals surface area contributed by atoms with Gasteiger partial charge < -0.3 is 24.0 Å². The number of halogens is 1. The SMILES string of the molecule is COc1ccc(S(=O)(=O)N2C(=O)C(NCC(=O)N3CCN(c4ccccn4)CC3)(c3ccccc3OC)c3cc(Cl)ccc32)c(OC)c1. The number of benzene rings is 3. The molecule has 0 radical (unpaired) electrons. The molecule has 4 aromatic rings. The lowest BCUT2D eigenvalue weighted by Gasteiger charge is -2.37. The zero-order valence-corrected chi connectivity index (χ0v) is 28.1. The van der Waals surface area contributed by atoms with Gasteiger partial charge in [0.15, 0.2) is 5.54 Å². The van der Waals surface area contributed by atoms with Crippen molar-refractivity contribution in [1.29, 1.82) is 0 Å². The Hall–Kier alpha value is -4.85. The Bertz CT molecular complexity index is 1950. The highest BCUT2D eigenvalue weighted by Crippen LogP contribution is 2.50. The Balaban J connectivity index is 1.40. The number of hydrogen-bond acceptors (Lipinski definition) is 10. The number of aromatic nitrogens is 1. The molecule has 1 unspecified atom stereocenters. The van der Waals surface area contributed by atoms with Crippen LogP contribution in [0.5, 0.6) is 17.2 Å². The van der Waals surface area contributed by atoms with Crippen molar-refractivity contribution in [1.82, 2.24) is 15.2 Å². The Morgan fingerprint density at radius 3 is 2.29 bits per heavy atom. The Morgan fingerprint density at radius 2 is 1.60 bits per heavy atom. The minimum atomic E-state index is -4.60. The quantitative estimate of drug-likeness (QED) is 0.263. The summed E-state index contributed by atoms with van der Waals surface area (Å²) in [5.74, 6) is 0.365. The first kappa shape index (κ1) is 33.1. The van der Waals surface area contributed by atoms with Gasteiger partial charge in [-0.05, 0) is 48.5 Å². The van der Waals surface area contributed by atoms with E-state index in [0.717, 1.165) is 10.1 Å². The highest BCUT2D eigenvalue weighted by Gasteiger charge is 2.57. The number of methoxy groups -OCH3 is 3. The maximum Gasteiger partial charge on any atom is 0.274 e. The van der Waals surface area contributed by atoms with E-state index in [2.05, 4.69) is 15.2 Å². The van der Waals surface area contributed by atoms with Crippen LogP contribution in [0.1, 0.15) is 11.1 Å². The van der Waals surface area contributed by atoms with Gasteiger partial charge in [0.05, 0.1) is 33.6 Å². The predicted octanol–water partition coefficient (Wildman–Crippen LogP) is 3.68. The van der Waals surface area contributed by atoms with E-state index < -0.39 is 21.5 Å². The van der Waals surface area contributed by atoms with Crippen molar-refractivity contribution < 1.29 is 32.2 Å². The minimum Gasteiger partial charge on any atom is -0.497 e. The summed E-state index contributed by atoms with van der Waals surface area (Å²) in [4.78, 5) is 36.7. The van der Waals surface area contributed by atoms with Crippen LogP contribution >= 0.6 is 11.6 Å². The molecule has 1 fully saturated rings. The van der Waals surface area contributed by atoms with E-state index in [4.69, 9.17) is 25.8 Å². The van der Waals surface area contributed by atoms with Gasteiger partial charge in [0.1, 0.15) is 28.0 Å². The average Bonchev–Trinajstić information content (AvgIpc) is 3.38. The number of rotatable bonds is 10. The van der Waals surface area contributed by atoms with E-state index in [1.807, 2.05) is 18.2 Å². The number of pyridine rings is 1. The van der Waals surface area contributed by atoms with E-state index in [1.54, 1.807) is 35.4 Å². The lowest BCUT2D eigenvalue weighted by atomic mass is 9.83. The number of nitrogens with zero attached hydrogens (tertiary/aromatic N) is 4. The first-order chi connectivity index (χ1) is 23.1. The van der Waals surface area contributed by atoms with Crippen LogP contribution in [0.2, 0.25) is 5.02 Å². The number of carbonyl (C=O) groups excluding carboxylic acids is 2. The van der Waals surface area contributed by atoms with Gasteiger partial charge in [0.2, 0.25) is 5.91 Å². The van der Waals surface area contributed by atoms with E-state index in [9.17, 15) is 18.0 Å². The van der Waals surface area contributed by atoms with Gasteiger partial charge >= 0.3 is 0 Å². The van der Waals surface area contributed by atoms with Crippen molar-refractivity contribution in [2.75, 3.05) is 63.3 Å². The zero-order chi connectivity index (χ0) is 34.1. The van der Waals surface area contributed by atoms with Crippen molar-refractivity contribution in [3.63, 3.8) is 0 Å². The van der Waals surface area contributed by atoms with Crippen LogP contribution in [0, 0.1) is 0 Å². The van der Waals surface area contributed by atoms with Crippen LogP contribution < -0.4 is 28.7 Å². The number of nitrogens with one attached hydrogen (secondary N) is 1. The van der Waals surface area contributed by atoms with E-state index in [0.29, 0.717) is 43.2 Å². The molecule has 0 bridgehead atoms. The fourth-order valence-electron chi connectivity index (χ4n) is 6.21. The Labute approximate surface area is 283 Å². The lowest BCUT2D eigenvalue weighted by molar-refractivity contribution is -0.131. The van der Waals surface area contributed by atoms with Gasteiger partial charge in [0.25, 0.3) is 15.9 Å². The molecule has 12 nitrogen and oxygen atoms in total. The van der Waals surface area contributed by atoms with Crippen molar-refractivity contribution in [3.05, 3.63) is 101 Å². The highest BCUT2D eigenvalue weighted by atomic mass is 35.5. The molecule has 0 aliphatic carbocycles. The molecule has 2 amide bonds. The minimum absolute atomic E-state index is 0.0135. The van der Waals surface area contributed by atoms with Gasteiger partial charge in [-0.25, -0.2) is 17.7 Å². The molecule has 250 valence electrons. The number of piperazine rings is 1. The molecular formula is C34H34ClN5O7S. The van der Waals surface area contributed by atoms with E-state index >= 15 is 0 Å². The van der Waals surface area contributed by atoms with E-state index in [1.165, 1.54) is 57.7 Å². The molecule has 2 aliphatic heterocycles. The third-order valence-corrected chi connectivity index (χ3v) is 10.6. The third-order valence-electron chi connectivity index (χ3n) is 8.60. The summed E-state index contributed by atoms with van der Waals surface area (Å²) < 4.78 is 46.1. The fourth-order valence-corrected chi connectivity index (χ4v) is 7.99. The maximum absolute atomic E-state index is 15.0. The van der Waals surface area contributed by atoms with Gasteiger partial charge in [-0.2, -0.15) is 0 Å². The molecule has 6 rings (SSSR count). The molecule has 0 spiro atoms. The van der Waals surface area contributed by atoms with Crippen LogP contribution in [0.25, 0.3) is 0 Å². The first-order valence-electron chi connectivity index (χ1n) is 15.1. The molecule has 1 saturated heterocycles. The summed E-state index contributed by atoms with van der Waals surface area (Å²) in [5, 5.41) is 3.46. The number of para-hydroxylation sites is 1. The zero-order valence-electron chi connectivity index (χ0n) is 26.6. The second kappa shape index (κ2) is 13.3. The van der Waals surface area contributed by atoms with Gasteiger partial charge in [-0.3, -0.25) is 14.9 Å². The maximum atomic E-state index is 15.0. The molecule has 14 heteroatoms. The third kappa shape index (κ3) is 5.67. The van der Waals surface area contributed by atoms with E-state index in [-0.39, 0.29) is 39.4 Å². The first-order valence-corrected chi connectivity index (χ1v) is 16.9. The predicted molar refractivity (Wildman–Crippen MR) is 180 cm³/mol. The molecule has 0 saturated carbocycles.